The van der Waals surface area contributed by atoms with Crippen molar-refractivity contribution < 1.29 is 19.0 Å². The van der Waals surface area contributed by atoms with E-state index in [1.807, 2.05) is 0 Å². The first kappa shape index (κ1) is 16.1. The largest absolute Gasteiger partial charge is 0.594 e. The maximum Gasteiger partial charge on any atom is 0.339 e. The minimum absolute atomic E-state index is 0.304. The van der Waals surface area contributed by atoms with E-state index in [9.17, 15) is 14.3 Å². The second kappa shape index (κ2) is 7.64. The molecule has 1 heterocycles. The zero-order valence-corrected chi connectivity index (χ0v) is 12.8. The van der Waals surface area contributed by atoms with Crippen molar-refractivity contribution in [3.63, 3.8) is 0 Å². The molecule has 2 atom stereocenters. The van der Waals surface area contributed by atoms with Crippen LogP contribution in [0.25, 0.3) is 0 Å². The van der Waals surface area contributed by atoms with E-state index in [2.05, 4.69) is 10.3 Å². The second-order valence-corrected chi connectivity index (χ2v) is 5.50. The first-order chi connectivity index (χ1) is 10.6. The number of carbonyl (C=O) groups is 1. The molecular formula is C15H15N2O4P. The number of carbonyl (C=O) groups excluding carboxylic acids is 1. The molecule has 0 fully saturated rings. The van der Waals surface area contributed by atoms with E-state index in [1.165, 1.54) is 6.20 Å². The Labute approximate surface area is 129 Å². The van der Waals surface area contributed by atoms with Gasteiger partial charge in [0.1, 0.15) is 0 Å². The van der Waals surface area contributed by atoms with Crippen molar-refractivity contribution >= 4 is 19.7 Å². The number of benzene rings is 1. The zero-order chi connectivity index (χ0) is 15.9. The fourth-order valence-electron chi connectivity index (χ4n) is 1.87. The van der Waals surface area contributed by atoms with Crippen molar-refractivity contribution in [1.82, 2.24) is 4.98 Å². The summed E-state index contributed by atoms with van der Waals surface area (Å²) in [6.45, 7) is 2.04. The van der Waals surface area contributed by atoms with Crippen LogP contribution in [0.2, 0.25) is 0 Å². The number of hydrogen-bond donors (Lipinski definition) is 1. The molecule has 2 rings (SSSR count). The van der Waals surface area contributed by atoms with Gasteiger partial charge in [-0.25, -0.2) is 4.79 Å². The predicted molar refractivity (Wildman–Crippen MR) is 80.6 cm³/mol. The number of esters is 1. The first-order valence-corrected chi connectivity index (χ1v) is 7.93. The normalized spacial score (nSPS) is 12.4. The summed E-state index contributed by atoms with van der Waals surface area (Å²) >= 11 is 0. The van der Waals surface area contributed by atoms with Crippen LogP contribution in [0, 0.1) is 0 Å². The average molecular weight is 318 g/mol. The SMILES string of the molecule is CCOC(=O)c1ccc(NC(c2cccnc2)[P+](=O)[O-])cc1. The van der Waals surface area contributed by atoms with Gasteiger partial charge in [0.05, 0.1) is 12.2 Å². The molecule has 0 amide bonds. The Hall–Kier alpha value is -2.30. The van der Waals surface area contributed by atoms with E-state index < -0.39 is 19.8 Å². The van der Waals surface area contributed by atoms with Gasteiger partial charge in [-0.15, -0.1) is 0 Å². The van der Waals surface area contributed by atoms with Gasteiger partial charge in [0.2, 0.25) is 5.78 Å². The molecule has 2 unspecified atom stereocenters. The number of anilines is 1. The molecule has 2 aromatic rings. The van der Waals surface area contributed by atoms with Gasteiger partial charge in [-0.2, -0.15) is 0 Å². The molecule has 0 saturated carbocycles. The van der Waals surface area contributed by atoms with E-state index in [-0.39, 0.29) is 0 Å². The summed E-state index contributed by atoms with van der Waals surface area (Å²) in [5.74, 6) is -1.29. The summed E-state index contributed by atoms with van der Waals surface area (Å²) in [6, 6.07) is 9.79. The molecule has 0 aliphatic heterocycles. The monoisotopic (exact) mass is 318 g/mol. The fourth-order valence-corrected chi connectivity index (χ4v) is 2.52. The van der Waals surface area contributed by atoms with Crippen LogP contribution >= 0.6 is 8.03 Å². The maximum absolute atomic E-state index is 11.6. The summed E-state index contributed by atoms with van der Waals surface area (Å²) in [4.78, 5) is 26.9. The molecule has 6 nitrogen and oxygen atoms in total. The summed E-state index contributed by atoms with van der Waals surface area (Å²) < 4.78 is 16.3. The smallest absolute Gasteiger partial charge is 0.339 e. The quantitative estimate of drug-likeness (QED) is 0.650. The van der Waals surface area contributed by atoms with E-state index in [0.29, 0.717) is 23.4 Å². The standard InChI is InChI=1S/C15H15N2O4P/c1-2-21-15(18)11-5-7-13(8-6-11)17-14(22(19)20)12-4-3-9-16-10-12/h3-10,14,17H,2H2,1H3. The highest BCUT2D eigenvalue weighted by Crippen LogP contribution is 2.34. The van der Waals surface area contributed by atoms with Crippen LogP contribution in [0.5, 0.6) is 0 Å². The molecular weight excluding hydrogens is 303 g/mol. The van der Waals surface area contributed by atoms with Gasteiger partial charge in [-0.1, -0.05) is 4.57 Å². The molecule has 0 bridgehead atoms. The third kappa shape index (κ3) is 4.10. The number of pyridine rings is 1. The van der Waals surface area contributed by atoms with Gasteiger partial charge in [-0.05, 0) is 43.3 Å². The third-order valence-electron chi connectivity index (χ3n) is 2.91. The minimum atomic E-state index is -2.73. The third-order valence-corrected chi connectivity index (χ3v) is 3.76. The van der Waals surface area contributed by atoms with Gasteiger partial charge in [0, 0.05) is 23.6 Å². The first-order valence-electron chi connectivity index (χ1n) is 6.69. The van der Waals surface area contributed by atoms with Crippen LogP contribution in [0.15, 0.2) is 48.8 Å². The Morgan fingerprint density at radius 1 is 1.36 bits per heavy atom. The van der Waals surface area contributed by atoms with Crippen LogP contribution in [-0.2, 0) is 9.30 Å². The minimum Gasteiger partial charge on any atom is -0.594 e. The molecule has 0 radical (unpaired) electrons. The van der Waals surface area contributed by atoms with Gasteiger partial charge < -0.3 is 14.9 Å². The molecule has 0 saturated heterocycles. The Morgan fingerprint density at radius 2 is 2.09 bits per heavy atom. The van der Waals surface area contributed by atoms with Crippen molar-refractivity contribution in [2.24, 2.45) is 0 Å². The molecule has 0 aliphatic rings. The Balaban J connectivity index is 2.14. The highest BCUT2D eigenvalue weighted by atomic mass is 31.1. The Bertz CT molecular complexity index is 646. The maximum atomic E-state index is 11.6. The van der Waals surface area contributed by atoms with E-state index in [0.717, 1.165) is 0 Å². The molecule has 0 spiro atoms. The number of nitrogens with zero attached hydrogens (tertiary/aromatic N) is 1. The highest BCUT2D eigenvalue weighted by molar-refractivity contribution is 7.37. The summed E-state index contributed by atoms with van der Waals surface area (Å²) in [7, 11) is -2.73. The number of aromatic nitrogens is 1. The molecule has 22 heavy (non-hydrogen) atoms. The van der Waals surface area contributed by atoms with Gasteiger partial charge in [0.25, 0.3) is 0 Å². The van der Waals surface area contributed by atoms with Crippen molar-refractivity contribution in [1.29, 1.82) is 0 Å². The topological polar surface area (TPSA) is 91.3 Å². The summed E-state index contributed by atoms with van der Waals surface area (Å²) in [5, 5.41) is 2.90. The summed E-state index contributed by atoms with van der Waals surface area (Å²) in [5.41, 5.74) is 1.55. The molecule has 1 aromatic heterocycles. The average Bonchev–Trinajstić information content (AvgIpc) is 2.54. The van der Waals surface area contributed by atoms with E-state index in [1.54, 1.807) is 49.5 Å². The molecule has 1 N–H and O–H groups in total. The van der Waals surface area contributed by atoms with Crippen LogP contribution < -0.4 is 10.2 Å². The predicted octanol–water partition coefficient (Wildman–Crippen LogP) is 2.47. The summed E-state index contributed by atoms with van der Waals surface area (Å²) in [6.07, 6.45) is 3.07. The van der Waals surface area contributed by atoms with Crippen molar-refractivity contribution in [2.45, 2.75) is 12.7 Å². The molecule has 114 valence electrons. The van der Waals surface area contributed by atoms with E-state index >= 15 is 0 Å². The molecule has 0 aliphatic carbocycles. The highest BCUT2D eigenvalue weighted by Gasteiger charge is 2.24. The van der Waals surface area contributed by atoms with Crippen LogP contribution in [0.3, 0.4) is 0 Å². The fraction of sp³-hybridized carbons (Fsp3) is 0.200. The number of rotatable bonds is 6. The van der Waals surface area contributed by atoms with Gasteiger partial charge in [0.15, 0.2) is 0 Å². The number of ether oxygens (including phenoxy) is 1. The van der Waals surface area contributed by atoms with Gasteiger partial charge >= 0.3 is 14.0 Å². The number of hydrogen-bond acceptors (Lipinski definition) is 6. The zero-order valence-electron chi connectivity index (χ0n) is 11.9. The molecule has 7 heteroatoms. The number of nitrogens with one attached hydrogen (secondary N) is 1. The van der Waals surface area contributed by atoms with Crippen LogP contribution in [0.4, 0.5) is 5.69 Å². The van der Waals surface area contributed by atoms with Crippen molar-refractivity contribution in [2.75, 3.05) is 11.9 Å². The van der Waals surface area contributed by atoms with Crippen molar-refractivity contribution in [3.8, 4) is 0 Å². The Kier molecular flexibility index (Phi) is 5.58. The molecule has 1 aromatic carbocycles. The van der Waals surface area contributed by atoms with Crippen LogP contribution in [0.1, 0.15) is 28.6 Å². The lowest BCUT2D eigenvalue weighted by molar-refractivity contribution is -0.166. The van der Waals surface area contributed by atoms with E-state index in [4.69, 9.17) is 4.74 Å². The van der Waals surface area contributed by atoms with Gasteiger partial charge in [-0.3, -0.25) is 4.98 Å². The van der Waals surface area contributed by atoms with Crippen molar-refractivity contribution in [3.05, 3.63) is 59.9 Å². The second-order valence-electron chi connectivity index (χ2n) is 4.42. The Morgan fingerprint density at radius 3 is 2.64 bits per heavy atom. The lowest BCUT2D eigenvalue weighted by atomic mass is 10.2. The lowest BCUT2D eigenvalue weighted by Gasteiger charge is -2.13. The lowest BCUT2D eigenvalue weighted by Crippen LogP contribution is -2.11. The van der Waals surface area contributed by atoms with Crippen LogP contribution in [-0.4, -0.2) is 17.6 Å².